The van der Waals surface area contributed by atoms with Crippen molar-refractivity contribution in [1.29, 1.82) is 0 Å². The summed E-state index contributed by atoms with van der Waals surface area (Å²) in [6, 6.07) is 0.701. The van der Waals surface area contributed by atoms with Gasteiger partial charge in [0.15, 0.2) is 12.1 Å². The summed E-state index contributed by atoms with van der Waals surface area (Å²) in [5.74, 6) is -0.468. The predicted octanol–water partition coefficient (Wildman–Crippen LogP) is 1.31. The minimum atomic E-state index is -4.53. The highest BCUT2D eigenvalue weighted by molar-refractivity contribution is 5.68. The second-order valence-electron chi connectivity index (χ2n) is 1.92. The van der Waals surface area contributed by atoms with Crippen molar-refractivity contribution in [3.8, 4) is 0 Å². The lowest BCUT2D eigenvalue weighted by atomic mass is 10.4. The lowest BCUT2D eigenvalue weighted by molar-refractivity contribution is -0.141. The van der Waals surface area contributed by atoms with Crippen molar-refractivity contribution < 1.29 is 18.0 Å². The fourth-order valence-electron chi connectivity index (χ4n) is 0.588. The zero-order valence-corrected chi connectivity index (χ0v) is 5.67. The van der Waals surface area contributed by atoms with Gasteiger partial charge in [-0.05, 0) is 6.07 Å². The van der Waals surface area contributed by atoms with E-state index in [1.54, 1.807) is 0 Å². The van der Waals surface area contributed by atoms with Crippen LogP contribution in [0.1, 0.15) is 16.3 Å². The van der Waals surface area contributed by atoms with Gasteiger partial charge in [-0.2, -0.15) is 13.2 Å². The molecular formula is C6H3F3N2O. The first-order chi connectivity index (χ1) is 5.54. The van der Waals surface area contributed by atoms with Crippen LogP contribution in [0.2, 0.25) is 0 Å². The normalized spacial score (nSPS) is 11.2. The Morgan fingerprint density at radius 1 is 1.42 bits per heavy atom. The molecule has 1 aromatic rings. The van der Waals surface area contributed by atoms with Gasteiger partial charge >= 0.3 is 6.18 Å². The van der Waals surface area contributed by atoms with Crippen LogP contribution in [0, 0.1) is 0 Å². The highest BCUT2D eigenvalue weighted by atomic mass is 19.4. The first kappa shape index (κ1) is 8.63. The molecule has 0 bridgehead atoms. The number of aromatic nitrogens is 2. The molecule has 64 valence electrons. The van der Waals surface area contributed by atoms with Crippen molar-refractivity contribution in [1.82, 2.24) is 9.97 Å². The van der Waals surface area contributed by atoms with Gasteiger partial charge in [0.25, 0.3) is 0 Å². The largest absolute Gasteiger partial charge is 0.433 e. The van der Waals surface area contributed by atoms with E-state index in [0.717, 1.165) is 6.20 Å². The Bertz CT molecular complexity index is 297. The number of hydrogen-bond donors (Lipinski definition) is 0. The summed E-state index contributed by atoms with van der Waals surface area (Å²) >= 11 is 0. The van der Waals surface area contributed by atoms with Gasteiger partial charge in [-0.25, -0.2) is 9.97 Å². The fraction of sp³-hybridized carbons (Fsp3) is 0.167. The minimum absolute atomic E-state index is 0.162. The summed E-state index contributed by atoms with van der Waals surface area (Å²) < 4.78 is 35.7. The van der Waals surface area contributed by atoms with Crippen LogP contribution in [0.3, 0.4) is 0 Å². The summed E-state index contributed by atoms with van der Waals surface area (Å²) in [6.07, 6.45) is -3.48. The number of alkyl halides is 3. The van der Waals surface area contributed by atoms with Crippen LogP contribution >= 0.6 is 0 Å². The van der Waals surface area contributed by atoms with Crippen LogP contribution in [0.15, 0.2) is 12.3 Å². The molecule has 0 atom stereocenters. The number of carbonyl (C=O) groups is 1. The van der Waals surface area contributed by atoms with Crippen molar-refractivity contribution in [2.75, 3.05) is 0 Å². The molecule has 1 heterocycles. The van der Waals surface area contributed by atoms with Crippen LogP contribution in [0.4, 0.5) is 13.2 Å². The van der Waals surface area contributed by atoms with Crippen LogP contribution in [-0.4, -0.2) is 16.3 Å². The molecule has 0 aliphatic heterocycles. The Labute approximate surface area is 65.3 Å². The molecule has 0 fully saturated rings. The number of carbonyl (C=O) groups excluding carboxylic acids is 1. The molecule has 0 saturated heterocycles. The van der Waals surface area contributed by atoms with Gasteiger partial charge in [-0.1, -0.05) is 0 Å². The van der Waals surface area contributed by atoms with Crippen molar-refractivity contribution in [2.45, 2.75) is 6.18 Å². The molecule has 0 N–H and O–H groups in total. The van der Waals surface area contributed by atoms with E-state index in [1.165, 1.54) is 0 Å². The predicted molar refractivity (Wildman–Crippen MR) is 32.4 cm³/mol. The van der Waals surface area contributed by atoms with E-state index in [0.29, 0.717) is 6.07 Å². The van der Waals surface area contributed by atoms with Gasteiger partial charge in [0, 0.05) is 6.20 Å². The molecule has 0 amide bonds. The zero-order chi connectivity index (χ0) is 9.19. The first-order valence-corrected chi connectivity index (χ1v) is 2.89. The lowest BCUT2D eigenvalue weighted by Gasteiger charge is -2.03. The minimum Gasteiger partial charge on any atom is -0.294 e. The Balaban J connectivity index is 3.10. The number of aldehydes is 1. The first-order valence-electron chi connectivity index (χ1n) is 2.89. The van der Waals surface area contributed by atoms with Gasteiger partial charge in [0.2, 0.25) is 0 Å². The average molecular weight is 176 g/mol. The molecule has 1 rings (SSSR count). The Kier molecular flexibility index (Phi) is 2.07. The van der Waals surface area contributed by atoms with E-state index in [1.807, 2.05) is 0 Å². The van der Waals surface area contributed by atoms with Gasteiger partial charge in [0.1, 0.15) is 5.69 Å². The molecule has 0 aromatic carbocycles. The third-order valence-electron chi connectivity index (χ3n) is 1.07. The molecule has 0 aliphatic rings. The Hall–Kier alpha value is -1.46. The molecular weight excluding hydrogens is 173 g/mol. The van der Waals surface area contributed by atoms with Crippen molar-refractivity contribution in [3.63, 3.8) is 0 Å². The maximum Gasteiger partial charge on any atom is 0.433 e. The zero-order valence-electron chi connectivity index (χ0n) is 5.67. The standard InChI is InChI=1S/C6H3F3N2O/c7-6(8,9)4-1-2-10-5(3-12)11-4/h1-3H. The van der Waals surface area contributed by atoms with Crippen molar-refractivity contribution >= 4 is 6.29 Å². The van der Waals surface area contributed by atoms with E-state index < -0.39 is 17.7 Å². The molecule has 0 radical (unpaired) electrons. The summed E-state index contributed by atoms with van der Waals surface area (Å²) in [4.78, 5) is 16.2. The maximum atomic E-state index is 11.9. The molecule has 6 heteroatoms. The van der Waals surface area contributed by atoms with Gasteiger partial charge in [-0.3, -0.25) is 4.79 Å². The van der Waals surface area contributed by atoms with Crippen molar-refractivity contribution in [2.24, 2.45) is 0 Å². The van der Waals surface area contributed by atoms with Gasteiger partial charge in [-0.15, -0.1) is 0 Å². The van der Waals surface area contributed by atoms with E-state index in [-0.39, 0.29) is 6.29 Å². The number of nitrogens with zero attached hydrogens (tertiary/aromatic N) is 2. The summed E-state index contributed by atoms with van der Waals surface area (Å²) in [6.45, 7) is 0. The molecule has 0 aliphatic carbocycles. The average Bonchev–Trinajstić information content (AvgIpc) is 2.03. The molecule has 0 saturated carbocycles. The number of hydrogen-bond acceptors (Lipinski definition) is 3. The van der Waals surface area contributed by atoms with E-state index in [9.17, 15) is 18.0 Å². The second kappa shape index (κ2) is 2.88. The third-order valence-corrected chi connectivity index (χ3v) is 1.07. The molecule has 12 heavy (non-hydrogen) atoms. The summed E-state index contributed by atoms with van der Waals surface area (Å²) in [5, 5.41) is 0. The summed E-state index contributed by atoms with van der Waals surface area (Å²) in [7, 11) is 0. The molecule has 0 unspecified atom stereocenters. The van der Waals surface area contributed by atoms with Crippen LogP contribution in [-0.2, 0) is 6.18 Å². The lowest BCUT2D eigenvalue weighted by Crippen LogP contribution is -2.09. The number of rotatable bonds is 1. The smallest absolute Gasteiger partial charge is 0.294 e. The van der Waals surface area contributed by atoms with E-state index >= 15 is 0 Å². The molecule has 3 nitrogen and oxygen atoms in total. The van der Waals surface area contributed by atoms with Crippen LogP contribution in [0.25, 0.3) is 0 Å². The number of halogens is 3. The third kappa shape index (κ3) is 1.77. The van der Waals surface area contributed by atoms with Crippen molar-refractivity contribution in [3.05, 3.63) is 23.8 Å². The molecule has 1 aromatic heterocycles. The SMILES string of the molecule is O=Cc1nccc(C(F)(F)F)n1. The van der Waals surface area contributed by atoms with Crippen LogP contribution < -0.4 is 0 Å². The summed E-state index contributed by atoms with van der Waals surface area (Å²) in [5.41, 5.74) is -1.11. The maximum absolute atomic E-state index is 11.9. The molecule has 0 spiro atoms. The quantitative estimate of drug-likeness (QED) is 0.606. The highest BCUT2D eigenvalue weighted by Crippen LogP contribution is 2.26. The topological polar surface area (TPSA) is 42.9 Å². The van der Waals surface area contributed by atoms with Gasteiger partial charge < -0.3 is 0 Å². The van der Waals surface area contributed by atoms with E-state index in [4.69, 9.17) is 0 Å². The Morgan fingerprint density at radius 3 is 2.58 bits per heavy atom. The van der Waals surface area contributed by atoms with Crippen LogP contribution in [0.5, 0.6) is 0 Å². The highest BCUT2D eigenvalue weighted by Gasteiger charge is 2.32. The second-order valence-corrected chi connectivity index (χ2v) is 1.92. The monoisotopic (exact) mass is 176 g/mol. The van der Waals surface area contributed by atoms with E-state index in [2.05, 4.69) is 9.97 Å². The Morgan fingerprint density at radius 2 is 2.08 bits per heavy atom. The fourth-order valence-corrected chi connectivity index (χ4v) is 0.588. The van der Waals surface area contributed by atoms with Gasteiger partial charge in [0.05, 0.1) is 0 Å².